The van der Waals surface area contributed by atoms with Crippen molar-refractivity contribution in [2.45, 2.75) is 0 Å². The molecule has 0 fully saturated rings. The molecule has 0 saturated carbocycles. The zero-order valence-corrected chi connectivity index (χ0v) is 33.2. The van der Waals surface area contributed by atoms with E-state index in [9.17, 15) is 0 Å². The summed E-state index contributed by atoms with van der Waals surface area (Å²) in [5.41, 5.74) is 10.7. The normalized spacial score (nSPS) is 11.9. The fourth-order valence-electron chi connectivity index (χ4n) is 9.39. The third-order valence-electron chi connectivity index (χ3n) is 12.3. The van der Waals surface area contributed by atoms with Gasteiger partial charge in [0.2, 0.25) is 0 Å². The largest absolute Gasteiger partial charge is 0.456 e. The van der Waals surface area contributed by atoms with Crippen LogP contribution in [0.5, 0.6) is 0 Å². The van der Waals surface area contributed by atoms with Crippen molar-refractivity contribution in [2.24, 2.45) is 0 Å². The maximum Gasteiger partial charge on any atom is 0.164 e. The van der Waals surface area contributed by atoms with Crippen molar-refractivity contribution >= 4 is 76.2 Å². The number of fused-ring (bicyclic) bond motifs is 10. The number of hydrogen-bond acceptors (Lipinski definition) is 5. The topological polar surface area (TPSA) is 65.0 Å². The lowest BCUT2D eigenvalue weighted by atomic mass is 9.92. The van der Waals surface area contributed by atoms with E-state index in [0.717, 1.165) is 98.8 Å². The van der Waals surface area contributed by atoms with Crippen LogP contribution in [0.15, 0.2) is 209 Å². The van der Waals surface area contributed by atoms with Crippen LogP contribution in [0, 0.1) is 0 Å². The predicted octanol–water partition coefficient (Wildman–Crippen LogP) is 15.5. The Kier molecular flexibility index (Phi) is 7.54. The van der Waals surface area contributed by atoms with Gasteiger partial charge in [0.15, 0.2) is 17.5 Å². The van der Waals surface area contributed by atoms with Gasteiger partial charge in [0.1, 0.15) is 22.3 Å². The molecule has 0 saturated heterocycles. The number of aromatic nitrogens is 3. The average Bonchev–Trinajstić information content (AvgIpc) is 3.92. The quantitative estimate of drug-likeness (QED) is 0.174. The van der Waals surface area contributed by atoms with E-state index >= 15 is 0 Å². The number of benzene rings is 10. The number of rotatable bonds is 5. The van der Waals surface area contributed by atoms with Gasteiger partial charge in [-0.05, 0) is 97.0 Å². The summed E-state index contributed by atoms with van der Waals surface area (Å²) in [6.07, 6.45) is 0. The van der Waals surface area contributed by atoms with Crippen molar-refractivity contribution in [1.29, 1.82) is 0 Å². The smallest absolute Gasteiger partial charge is 0.164 e. The third kappa shape index (κ3) is 5.45. The zero-order valence-electron chi connectivity index (χ0n) is 33.2. The summed E-state index contributed by atoms with van der Waals surface area (Å²) < 4.78 is 12.6. The van der Waals surface area contributed by atoms with Gasteiger partial charge in [0.05, 0.1) is 0 Å². The molecule has 0 N–H and O–H groups in total. The molecule has 0 aliphatic rings. The molecule has 0 amide bonds. The van der Waals surface area contributed by atoms with Crippen molar-refractivity contribution in [3.05, 3.63) is 200 Å². The van der Waals surface area contributed by atoms with Crippen LogP contribution in [0.1, 0.15) is 0 Å². The Balaban J connectivity index is 1.01. The Hall–Kier alpha value is -8.41. The zero-order chi connectivity index (χ0) is 40.7. The van der Waals surface area contributed by atoms with Crippen LogP contribution >= 0.6 is 0 Å². The summed E-state index contributed by atoms with van der Waals surface area (Å²) in [4.78, 5) is 15.8. The molecule has 3 heterocycles. The third-order valence-corrected chi connectivity index (χ3v) is 12.3. The average molecular weight is 792 g/mol. The first kappa shape index (κ1) is 34.5. The minimum Gasteiger partial charge on any atom is -0.456 e. The van der Waals surface area contributed by atoms with Crippen LogP contribution in [0.25, 0.3) is 133 Å². The molecule has 288 valence electrons. The van der Waals surface area contributed by atoms with Gasteiger partial charge in [0.25, 0.3) is 0 Å². The summed E-state index contributed by atoms with van der Waals surface area (Å²) in [7, 11) is 0. The Labute approximate surface area is 355 Å². The number of para-hydroxylation sites is 2. The number of hydrogen-bond donors (Lipinski definition) is 0. The second-order valence-electron chi connectivity index (χ2n) is 15.9. The summed E-state index contributed by atoms with van der Waals surface area (Å²) in [6, 6.07) is 69.9. The van der Waals surface area contributed by atoms with E-state index in [2.05, 4.69) is 170 Å². The van der Waals surface area contributed by atoms with E-state index in [-0.39, 0.29) is 0 Å². The fourth-order valence-corrected chi connectivity index (χ4v) is 9.39. The van der Waals surface area contributed by atoms with Crippen LogP contribution in [-0.2, 0) is 0 Å². The van der Waals surface area contributed by atoms with Crippen molar-refractivity contribution in [3.8, 4) is 56.4 Å². The molecule has 0 unspecified atom stereocenters. The minimum absolute atomic E-state index is 0.593. The lowest BCUT2D eigenvalue weighted by molar-refractivity contribution is 0.668. The van der Waals surface area contributed by atoms with Crippen LogP contribution in [0.4, 0.5) is 0 Å². The van der Waals surface area contributed by atoms with Crippen molar-refractivity contribution in [1.82, 2.24) is 15.0 Å². The monoisotopic (exact) mass is 791 g/mol. The van der Waals surface area contributed by atoms with Gasteiger partial charge >= 0.3 is 0 Å². The molecule has 0 spiro atoms. The molecule has 0 radical (unpaired) electrons. The highest BCUT2D eigenvalue weighted by Crippen LogP contribution is 2.42. The molecule has 3 aromatic heterocycles. The van der Waals surface area contributed by atoms with Gasteiger partial charge in [-0.25, -0.2) is 15.0 Å². The molecular formula is C57H33N3O2. The van der Waals surface area contributed by atoms with Gasteiger partial charge in [-0.15, -0.1) is 0 Å². The van der Waals surface area contributed by atoms with Crippen molar-refractivity contribution in [3.63, 3.8) is 0 Å². The van der Waals surface area contributed by atoms with Crippen LogP contribution in [0.2, 0.25) is 0 Å². The van der Waals surface area contributed by atoms with E-state index in [1.807, 2.05) is 30.3 Å². The van der Waals surface area contributed by atoms with Gasteiger partial charge in [-0.2, -0.15) is 0 Å². The van der Waals surface area contributed by atoms with Crippen LogP contribution in [-0.4, -0.2) is 15.0 Å². The highest BCUT2D eigenvalue weighted by molar-refractivity contribution is 6.19. The Morgan fingerprint density at radius 3 is 1.53 bits per heavy atom. The van der Waals surface area contributed by atoms with E-state index in [1.165, 1.54) is 16.3 Å². The first-order valence-corrected chi connectivity index (χ1v) is 20.8. The minimum atomic E-state index is 0.593. The van der Waals surface area contributed by atoms with Crippen molar-refractivity contribution < 1.29 is 8.83 Å². The van der Waals surface area contributed by atoms with E-state index < -0.39 is 0 Å². The SMILES string of the molecule is c1ccc2c(-c3ccc(-c4nc(-c5cc(-c6cccc7oc8ccccc8c67)c6ccccc6c5)nc(-c5ccc6c(ccc7oc8ccccc8c76)c5)n4)cc3)cccc2c1. The predicted molar refractivity (Wildman–Crippen MR) is 254 cm³/mol. The second kappa shape index (κ2) is 13.6. The molecule has 10 aromatic carbocycles. The highest BCUT2D eigenvalue weighted by atomic mass is 16.3. The van der Waals surface area contributed by atoms with Crippen LogP contribution < -0.4 is 0 Å². The van der Waals surface area contributed by atoms with E-state index in [0.29, 0.717) is 17.5 Å². The van der Waals surface area contributed by atoms with Gasteiger partial charge in [0, 0.05) is 38.2 Å². The Morgan fingerprint density at radius 1 is 0.258 bits per heavy atom. The Morgan fingerprint density at radius 2 is 0.758 bits per heavy atom. The molecule has 0 bridgehead atoms. The molecule has 0 aliphatic carbocycles. The van der Waals surface area contributed by atoms with E-state index in [1.54, 1.807) is 0 Å². The molecule has 5 heteroatoms. The summed E-state index contributed by atoms with van der Waals surface area (Å²) in [6.45, 7) is 0. The molecular weight excluding hydrogens is 759 g/mol. The van der Waals surface area contributed by atoms with Gasteiger partial charge in [-0.3, -0.25) is 0 Å². The van der Waals surface area contributed by atoms with Crippen molar-refractivity contribution in [2.75, 3.05) is 0 Å². The maximum atomic E-state index is 6.36. The molecule has 5 nitrogen and oxygen atoms in total. The van der Waals surface area contributed by atoms with Crippen LogP contribution in [0.3, 0.4) is 0 Å². The number of nitrogens with zero attached hydrogens (tertiary/aromatic N) is 3. The first-order valence-electron chi connectivity index (χ1n) is 20.8. The Bertz CT molecular complexity index is 3930. The maximum absolute atomic E-state index is 6.36. The molecule has 13 aromatic rings. The standard InChI is InChI=1S/C57H33N3O2/c1-3-14-41-34(11-1)13-9-18-42(41)35-23-25-36(26-24-35)55-58-56(39-27-29-44-38(31-39)28-30-52-53(44)46-16-5-7-20-49(46)62-52)60-57(59-55)40-32-37-12-2-4-15-43(37)48(33-40)45-19-10-22-51-54(45)47-17-6-8-21-50(47)61-51/h1-33H. The van der Waals surface area contributed by atoms with Gasteiger partial charge < -0.3 is 8.83 Å². The molecule has 0 atom stereocenters. The lowest BCUT2D eigenvalue weighted by Crippen LogP contribution is -2.00. The summed E-state index contributed by atoms with van der Waals surface area (Å²) in [5.74, 6) is 1.79. The molecule has 13 rings (SSSR count). The highest BCUT2D eigenvalue weighted by Gasteiger charge is 2.19. The van der Waals surface area contributed by atoms with Gasteiger partial charge in [-0.1, -0.05) is 158 Å². The number of furan rings is 2. The lowest BCUT2D eigenvalue weighted by Gasteiger charge is -2.13. The summed E-state index contributed by atoms with van der Waals surface area (Å²) >= 11 is 0. The summed E-state index contributed by atoms with van der Waals surface area (Å²) in [5, 5.41) is 11.2. The second-order valence-corrected chi connectivity index (χ2v) is 15.9. The molecule has 62 heavy (non-hydrogen) atoms. The first-order chi connectivity index (χ1) is 30.7. The molecule has 0 aliphatic heterocycles. The van der Waals surface area contributed by atoms with E-state index in [4.69, 9.17) is 23.8 Å². The fraction of sp³-hybridized carbons (Fsp3) is 0.